The SMILES string of the molecule is Cc1ccc(NC(=O)Nc2ccccc2S)cc1C. The Morgan fingerprint density at radius 3 is 2.42 bits per heavy atom. The van der Waals surface area contributed by atoms with E-state index in [1.165, 1.54) is 5.56 Å². The second kappa shape index (κ2) is 5.80. The monoisotopic (exact) mass is 272 g/mol. The van der Waals surface area contributed by atoms with Gasteiger partial charge in [0.05, 0.1) is 5.69 Å². The Morgan fingerprint density at radius 1 is 1.00 bits per heavy atom. The van der Waals surface area contributed by atoms with Crippen molar-refractivity contribution in [2.45, 2.75) is 18.7 Å². The lowest BCUT2D eigenvalue weighted by Gasteiger charge is -2.10. The third kappa shape index (κ3) is 3.51. The van der Waals surface area contributed by atoms with Crippen molar-refractivity contribution in [1.82, 2.24) is 0 Å². The molecular weight excluding hydrogens is 256 g/mol. The van der Waals surface area contributed by atoms with E-state index in [2.05, 4.69) is 23.3 Å². The summed E-state index contributed by atoms with van der Waals surface area (Å²) in [4.78, 5) is 12.6. The van der Waals surface area contributed by atoms with Gasteiger partial charge in [0.25, 0.3) is 0 Å². The molecule has 0 unspecified atom stereocenters. The standard InChI is InChI=1S/C15H16N2OS/c1-10-7-8-12(9-11(10)2)16-15(18)17-13-5-3-4-6-14(13)19/h3-9,19H,1-2H3,(H2,16,17,18). The number of para-hydroxylation sites is 1. The number of aryl methyl sites for hydroxylation is 2. The quantitative estimate of drug-likeness (QED) is 0.703. The van der Waals surface area contributed by atoms with Gasteiger partial charge in [-0.15, -0.1) is 12.6 Å². The Morgan fingerprint density at radius 2 is 1.74 bits per heavy atom. The molecule has 0 aliphatic heterocycles. The smallest absolute Gasteiger partial charge is 0.308 e. The Kier molecular flexibility index (Phi) is 4.12. The predicted octanol–water partition coefficient (Wildman–Crippen LogP) is 4.24. The van der Waals surface area contributed by atoms with Gasteiger partial charge in [-0.05, 0) is 49.2 Å². The van der Waals surface area contributed by atoms with E-state index < -0.39 is 0 Å². The summed E-state index contributed by atoms with van der Waals surface area (Å²) in [5, 5.41) is 5.57. The van der Waals surface area contributed by atoms with Crippen molar-refractivity contribution >= 4 is 30.0 Å². The summed E-state index contributed by atoms with van der Waals surface area (Å²) in [6.45, 7) is 4.05. The number of amides is 2. The van der Waals surface area contributed by atoms with E-state index in [9.17, 15) is 4.79 Å². The number of urea groups is 1. The van der Waals surface area contributed by atoms with Crippen molar-refractivity contribution in [3.05, 3.63) is 53.6 Å². The summed E-state index contributed by atoms with van der Waals surface area (Å²) in [6, 6.07) is 12.9. The van der Waals surface area contributed by atoms with E-state index in [1.54, 1.807) is 0 Å². The number of anilines is 2. The fourth-order valence-corrected chi connectivity index (χ4v) is 1.90. The molecule has 0 radical (unpaired) electrons. The summed E-state index contributed by atoms with van der Waals surface area (Å²) in [7, 11) is 0. The minimum atomic E-state index is -0.273. The van der Waals surface area contributed by atoms with Crippen LogP contribution in [0.25, 0.3) is 0 Å². The number of hydrogen-bond donors (Lipinski definition) is 3. The molecule has 2 N–H and O–H groups in total. The van der Waals surface area contributed by atoms with Gasteiger partial charge in [-0.1, -0.05) is 18.2 Å². The number of nitrogens with one attached hydrogen (secondary N) is 2. The molecule has 0 saturated heterocycles. The zero-order valence-corrected chi connectivity index (χ0v) is 11.8. The zero-order valence-electron chi connectivity index (χ0n) is 10.9. The van der Waals surface area contributed by atoms with Crippen molar-refractivity contribution in [1.29, 1.82) is 0 Å². The van der Waals surface area contributed by atoms with Crippen LogP contribution < -0.4 is 10.6 Å². The molecule has 2 rings (SSSR count). The average Bonchev–Trinajstić information content (AvgIpc) is 2.37. The van der Waals surface area contributed by atoms with Crippen LogP contribution in [-0.2, 0) is 0 Å². The minimum Gasteiger partial charge on any atom is -0.308 e. The highest BCUT2D eigenvalue weighted by Crippen LogP contribution is 2.19. The molecule has 0 spiro atoms. The molecule has 3 nitrogen and oxygen atoms in total. The summed E-state index contributed by atoms with van der Waals surface area (Å²) in [5.74, 6) is 0. The van der Waals surface area contributed by atoms with Crippen LogP contribution >= 0.6 is 12.6 Å². The second-order valence-electron chi connectivity index (χ2n) is 4.40. The first-order valence-electron chi connectivity index (χ1n) is 5.99. The van der Waals surface area contributed by atoms with Crippen LogP contribution in [-0.4, -0.2) is 6.03 Å². The van der Waals surface area contributed by atoms with Crippen LogP contribution in [0.3, 0.4) is 0 Å². The lowest BCUT2D eigenvalue weighted by atomic mass is 10.1. The number of thiol groups is 1. The number of carbonyl (C=O) groups is 1. The van der Waals surface area contributed by atoms with E-state index >= 15 is 0 Å². The number of hydrogen-bond acceptors (Lipinski definition) is 2. The van der Waals surface area contributed by atoms with E-state index in [4.69, 9.17) is 0 Å². The van der Waals surface area contributed by atoms with Crippen molar-refractivity contribution in [2.24, 2.45) is 0 Å². The van der Waals surface area contributed by atoms with E-state index in [0.717, 1.165) is 16.1 Å². The fourth-order valence-electron chi connectivity index (χ4n) is 1.68. The normalized spacial score (nSPS) is 10.1. The predicted molar refractivity (Wildman–Crippen MR) is 82.3 cm³/mol. The van der Waals surface area contributed by atoms with Gasteiger partial charge in [-0.25, -0.2) is 4.79 Å². The number of carbonyl (C=O) groups excluding carboxylic acids is 1. The zero-order chi connectivity index (χ0) is 13.8. The Bertz CT molecular complexity index is 611. The lowest BCUT2D eigenvalue weighted by Crippen LogP contribution is -2.19. The van der Waals surface area contributed by atoms with Crippen molar-refractivity contribution < 1.29 is 4.79 Å². The first-order valence-corrected chi connectivity index (χ1v) is 6.44. The molecule has 19 heavy (non-hydrogen) atoms. The van der Waals surface area contributed by atoms with Crippen LogP contribution in [0.5, 0.6) is 0 Å². The van der Waals surface area contributed by atoms with Crippen LogP contribution in [0.4, 0.5) is 16.2 Å². The Labute approximate surface area is 118 Å². The van der Waals surface area contributed by atoms with Crippen LogP contribution in [0, 0.1) is 13.8 Å². The summed E-state index contributed by atoms with van der Waals surface area (Å²) in [5.41, 5.74) is 3.81. The molecule has 0 bridgehead atoms. The van der Waals surface area contributed by atoms with Gasteiger partial charge < -0.3 is 10.6 Å². The van der Waals surface area contributed by atoms with E-state index in [0.29, 0.717) is 5.69 Å². The molecule has 0 atom stereocenters. The summed E-state index contributed by atoms with van der Waals surface area (Å²) in [6.07, 6.45) is 0. The van der Waals surface area contributed by atoms with Crippen molar-refractivity contribution in [3.63, 3.8) is 0 Å². The second-order valence-corrected chi connectivity index (χ2v) is 4.88. The molecule has 4 heteroatoms. The van der Waals surface area contributed by atoms with Gasteiger partial charge in [-0.3, -0.25) is 0 Å². The van der Waals surface area contributed by atoms with Crippen molar-refractivity contribution in [3.8, 4) is 0 Å². The minimum absolute atomic E-state index is 0.273. The highest BCUT2D eigenvalue weighted by Gasteiger charge is 2.05. The maximum Gasteiger partial charge on any atom is 0.323 e. The topological polar surface area (TPSA) is 41.1 Å². The van der Waals surface area contributed by atoms with Gasteiger partial charge in [-0.2, -0.15) is 0 Å². The maximum atomic E-state index is 11.9. The van der Waals surface area contributed by atoms with E-state index in [-0.39, 0.29) is 6.03 Å². The first-order chi connectivity index (χ1) is 9.06. The summed E-state index contributed by atoms with van der Waals surface area (Å²) >= 11 is 4.29. The molecule has 0 heterocycles. The molecule has 2 amide bonds. The van der Waals surface area contributed by atoms with Gasteiger partial charge in [0.2, 0.25) is 0 Å². The largest absolute Gasteiger partial charge is 0.323 e. The van der Waals surface area contributed by atoms with Crippen LogP contribution in [0.2, 0.25) is 0 Å². The highest BCUT2D eigenvalue weighted by atomic mass is 32.1. The third-order valence-corrected chi connectivity index (χ3v) is 3.31. The van der Waals surface area contributed by atoms with Gasteiger partial charge >= 0.3 is 6.03 Å². The maximum absolute atomic E-state index is 11.9. The van der Waals surface area contributed by atoms with Crippen LogP contribution in [0.15, 0.2) is 47.4 Å². The lowest BCUT2D eigenvalue weighted by molar-refractivity contribution is 0.262. The molecule has 0 saturated carbocycles. The first kappa shape index (κ1) is 13.5. The molecule has 2 aromatic carbocycles. The Balaban J connectivity index is 2.05. The van der Waals surface area contributed by atoms with Gasteiger partial charge in [0, 0.05) is 10.6 Å². The molecular formula is C15H16N2OS. The molecule has 98 valence electrons. The van der Waals surface area contributed by atoms with Crippen LogP contribution in [0.1, 0.15) is 11.1 Å². The molecule has 0 aliphatic rings. The molecule has 2 aromatic rings. The fraction of sp³-hybridized carbons (Fsp3) is 0.133. The summed E-state index contributed by atoms with van der Waals surface area (Å²) < 4.78 is 0. The third-order valence-electron chi connectivity index (χ3n) is 2.92. The highest BCUT2D eigenvalue weighted by molar-refractivity contribution is 7.80. The molecule has 0 fully saturated rings. The molecule has 0 aliphatic carbocycles. The number of benzene rings is 2. The van der Waals surface area contributed by atoms with Crippen molar-refractivity contribution in [2.75, 3.05) is 10.6 Å². The Hall–Kier alpha value is -1.94. The average molecular weight is 272 g/mol. The molecule has 0 aromatic heterocycles. The van der Waals surface area contributed by atoms with Gasteiger partial charge in [0.1, 0.15) is 0 Å². The van der Waals surface area contributed by atoms with E-state index in [1.807, 2.05) is 56.3 Å². The number of rotatable bonds is 2. The van der Waals surface area contributed by atoms with Gasteiger partial charge in [0.15, 0.2) is 0 Å².